The third-order valence-corrected chi connectivity index (χ3v) is 10.1. The van der Waals surface area contributed by atoms with Gasteiger partial charge in [0.05, 0.1) is 18.0 Å². The van der Waals surface area contributed by atoms with Crippen molar-refractivity contribution >= 4 is 38.6 Å². The van der Waals surface area contributed by atoms with E-state index in [-0.39, 0.29) is 24.8 Å². The fraction of sp³-hybridized carbons (Fsp3) is 0.344. The molecule has 0 saturated heterocycles. The summed E-state index contributed by atoms with van der Waals surface area (Å²) in [4.78, 5) is 18.8. The first-order chi connectivity index (χ1) is 20.7. The number of nitrogens with zero attached hydrogens (tertiary/aromatic N) is 1. The van der Waals surface area contributed by atoms with Crippen LogP contribution < -0.4 is 14.2 Å². The normalized spacial score (nSPS) is 17.5. The van der Waals surface area contributed by atoms with Crippen molar-refractivity contribution in [1.29, 1.82) is 0 Å². The maximum absolute atomic E-state index is 13.5. The molecule has 11 heteroatoms. The third kappa shape index (κ3) is 6.67. The molecule has 1 fully saturated rings. The Bertz CT molecular complexity index is 1720. The molecule has 3 N–H and O–H groups in total. The Morgan fingerprint density at radius 1 is 1.09 bits per heavy atom. The molecule has 0 bridgehead atoms. The van der Waals surface area contributed by atoms with E-state index < -0.39 is 28.3 Å². The van der Waals surface area contributed by atoms with Crippen LogP contribution in [0.5, 0.6) is 11.5 Å². The van der Waals surface area contributed by atoms with Gasteiger partial charge in [0, 0.05) is 41.1 Å². The number of aliphatic hydroxyl groups is 1. The number of H-pyrrole nitrogens is 1. The molecule has 9 nitrogen and oxygen atoms in total. The largest absolute Gasteiger partial charge is 0.493 e. The summed E-state index contributed by atoms with van der Waals surface area (Å²) in [5.41, 5.74) is 4.93. The molecule has 2 heterocycles. The number of rotatable bonds is 10. The smallest absolute Gasteiger partial charge is 0.416 e. The lowest BCUT2D eigenvalue weighted by molar-refractivity contribution is 0.135. The second-order valence-corrected chi connectivity index (χ2v) is 13.7. The standard InChI is InChI=1S/C32H34ClN3O6S/c1-20-2-7-25(8-3-20)42-32(38)36-16-14-27-28-18-22(33)6-13-29(28)35-30(27)31(36)21-4-9-24(10-5-21)41-17-15-23(37)19-34-43(39,40)26-11-12-26/h2-10,13,18,23,26,31,34-35,37H,11-12,14-17,19H2,1H3. The van der Waals surface area contributed by atoms with E-state index in [1.54, 1.807) is 17.0 Å². The van der Waals surface area contributed by atoms with Crippen molar-refractivity contribution in [1.82, 2.24) is 14.6 Å². The summed E-state index contributed by atoms with van der Waals surface area (Å²) in [6.45, 7) is 2.63. The first-order valence-electron chi connectivity index (χ1n) is 14.4. The van der Waals surface area contributed by atoms with E-state index in [1.165, 1.54) is 0 Å². The van der Waals surface area contributed by atoms with Gasteiger partial charge in [0.15, 0.2) is 0 Å². The summed E-state index contributed by atoms with van der Waals surface area (Å²) < 4.78 is 38.0. The van der Waals surface area contributed by atoms with Gasteiger partial charge in [-0.3, -0.25) is 4.90 Å². The lowest BCUT2D eigenvalue weighted by atomic mass is 9.92. The monoisotopic (exact) mass is 623 g/mol. The zero-order valence-corrected chi connectivity index (χ0v) is 25.3. The Morgan fingerprint density at radius 3 is 2.53 bits per heavy atom. The molecule has 0 spiro atoms. The molecule has 1 aromatic heterocycles. The molecule has 1 aliphatic carbocycles. The fourth-order valence-electron chi connectivity index (χ4n) is 5.44. The molecule has 2 atom stereocenters. The van der Waals surface area contributed by atoms with Gasteiger partial charge in [-0.2, -0.15) is 0 Å². The lowest BCUT2D eigenvalue weighted by Gasteiger charge is -2.35. The first-order valence-corrected chi connectivity index (χ1v) is 16.3. The van der Waals surface area contributed by atoms with Crippen molar-refractivity contribution in [2.75, 3.05) is 19.7 Å². The van der Waals surface area contributed by atoms with Crippen molar-refractivity contribution in [2.45, 2.75) is 50.0 Å². The second kappa shape index (κ2) is 12.2. The second-order valence-electron chi connectivity index (χ2n) is 11.2. The molecule has 1 aliphatic heterocycles. The van der Waals surface area contributed by atoms with E-state index in [9.17, 15) is 18.3 Å². The van der Waals surface area contributed by atoms with Crippen molar-refractivity contribution in [3.05, 3.63) is 94.1 Å². The number of benzene rings is 3. The Balaban J connectivity index is 1.18. The Morgan fingerprint density at radius 2 is 1.81 bits per heavy atom. The molecule has 3 aromatic carbocycles. The van der Waals surface area contributed by atoms with Crippen molar-refractivity contribution in [3.63, 3.8) is 0 Å². The number of ether oxygens (including phenoxy) is 2. The molecular weight excluding hydrogens is 590 g/mol. The van der Waals surface area contributed by atoms with Gasteiger partial charge >= 0.3 is 6.09 Å². The summed E-state index contributed by atoms with van der Waals surface area (Å²) in [6, 6.07) is 20.2. The van der Waals surface area contributed by atoms with Gasteiger partial charge in [-0.15, -0.1) is 0 Å². The molecule has 6 rings (SSSR count). The maximum Gasteiger partial charge on any atom is 0.416 e. The SMILES string of the molecule is Cc1ccc(OC(=O)N2CCc3c([nH]c4ccc(Cl)cc34)C2c2ccc(OCCC(O)CNS(=O)(=O)C3CC3)cc2)cc1. The Hall–Kier alpha value is -3.57. The highest BCUT2D eigenvalue weighted by atomic mass is 35.5. The lowest BCUT2D eigenvalue weighted by Crippen LogP contribution is -2.42. The number of halogens is 1. The molecule has 2 unspecified atom stereocenters. The number of aliphatic hydroxyl groups excluding tert-OH is 1. The molecule has 1 amide bonds. The summed E-state index contributed by atoms with van der Waals surface area (Å²) >= 11 is 6.32. The number of nitrogens with one attached hydrogen (secondary N) is 2. The van der Waals surface area contributed by atoms with E-state index in [1.807, 2.05) is 61.5 Å². The highest BCUT2D eigenvalue weighted by Crippen LogP contribution is 2.40. The number of carbonyl (C=O) groups excluding carboxylic acids is 1. The van der Waals surface area contributed by atoms with Gasteiger partial charge in [-0.25, -0.2) is 17.9 Å². The van der Waals surface area contributed by atoms with Crippen LogP contribution in [-0.2, 0) is 16.4 Å². The number of carbonyl (C=O) groups is 1. The average Bonchev–Trinajstić information content (AvgIpc) is 3.80. The summed E-state index contributed by atoms with van der Waals surface area (Å²) in [5.74, 6) is 1.08. The van der Waals surface area contributed by atoms with Gasteiger partial charge in [-0.1, -0.05) is 41.4 Å². The summed E-state index contributed by atoms with van der Waals surface area (Å²) in [7, 11) is -3.33. The summed E-state index contributed by atoms with van der Waals surface area (Å²) in [5, 5.41) is 11.6. The van der Waals surface area contributed by atoms with Crippen molar-refractivity contribution in [2.24, 2.45) is 0 Å². The predicted molar refractivity (Wildman–Crippen MR) is 165 cm³/mol. The number of fused-ring (bicyclic) bond motifs is 3. The molecule has 1 saturated carbocycles. The Labute approximate surface area is 255 Å². The van der Waals surface area contributed by atoms with Crippen LogP contribution in [0.4, 0.5) is 4.79 Å². The minimum Gasteiger partial charge on any atom is -0.493 e. The number of hydrogen-bond acceptors (Lipinski definition) is 6. The molecule has 226 valence electrons. The van der Waals surface area contributed by atoms with E-state index >= 15 is 0 Å². The highest BCUT2D eigenvalue weighted by Gasteiger charge is 2.36. The molecule has 43 heavy (non-hydrogen) atoms. The van der Waals surface area contributed by atoms with Crippen molar-refractivity contribution < 1.29 is 27.8 Å². The molecule has 2 aliphatic rings. The van der Waals surface area contributed by atoms with Crippen LogP contribution in [0, 0.1) is 6.92 Å². The van der Waals surface area contributed by atoms with E-state index in [4.69, 9.17) is 21.1 Å². The van der Waals surface area contributed by atoms with Crippen molar-refractivity contribution in [3.8, 4) is 11.5 Å². The minimum absolute atomic E-state index is 0.0324. The quantitative estimate of drug-likeness (QED) is 0.215. The van der Waals surface area contributed by atoms with Crippen LogP contribution in [-0.4, -0.2) is 60.6 Å². The van der Waals surface area contributed by atoms with Gasteiger partial charge in [-0.05, 0) is 79.8 Å². The predicted octanol–water partition coefficient (Wildman–Crippen LogP) is 5.49. The average molecular weight is 624 g/mol. The number of hydrogen-bond donors (Lipinski definition) is 3. The number of amides is 1. The van der Waals surface area contributed by atoms with Crippen LogP contribution in [0.3, 0.4) is 0 Å². The number of sulfonamides is 1. The van der Waals surface area contributed by atoms with Crippen LogP contribution in [0.25, 0.3) is 10.9 Å². The number of aromatic nitrogens is 1. The van der Waals surface area contributed by atoms with Crippen LogP contribution in [0.1, 0.15) is 47.7 Å². The van der Waals surface area contributed by atoms with E-state index in [2.05, 4.69) is 9.71 Å². The van der Waals surface area contributed by atoms with E-state index in [0.717, 1.165) is 33.3 Å². The van der Waals surface area contributed by atoms with Crippen LogP contribution in [0.15, 0.2) is 66.7 Å². The minimum atomic E-state index is -3.33. The number of aromatic amines is 1. The molecule has 4 aromatic rings. The maximum atomic E-state index is 13.5. The van der Waals surface area contributed by atoms with Crippen LogP contribution >= 0.6 is 11.6 Å². The van der Waals surface area contributed by atoms with Gasteiger partial charge in [0.2, 0.25) is 10.0 Å². The summed E-state index contributed by atoms with van der Waals surface area (Å²) in [6.07, 6.45) is 0.979. The zero-order valence-electron chi connectivity index (χ0n) is 23.8. The Kier molecular flexibility index (Phi) is 8.37. The fourth-order valence-corrected chi connectivity index (χ4v) is 7.03. The molecular formula is C32H34ClN3O6S. The van der Waals surface area contributed by atoms with Crippen LogP contribution in [0.2, 0.25) is 5.02 Å². The van der Waals surface area contributed by atoms with Gasteiger partial charge < -0.3 is 19.6 Å². The molecule has 0 radical (unpaired) electrons. The highest BCUT2D eigenvalue weighted by molar-refractivity contribution is 7.90. The number of aryl methyl sites for hydroxylation is 1. The zero-order chi connectivity index (χ0) is 30.1. The third-order valence-electron chi connectivity index (χ3n) is 7.95. The van der Waals surface area contributed by atoms with Gasteiger partial charge in [0.1, 0.15) is 17.5 Å². The van der Waals surface area contributed by atoms with E-state index in [0.29, 0.717) is 42.3 Å². The van der Waals surface area contributed by atoms with Gasteiger partial charge in [0.25, 0.3) is 0 Å². The first kappa shape index (κ1) is 29.5. The topological polar surface area (TPSA) is 121 Å².